The van der Waals surface area contributed by atoms with Crippen molar-refractivity contribution in [2.75, 3.05) is 0 Å². The highest BCUT2D eigenvalue weighted by molar-refractivity contribution is 5.85. The molecule has 0 aromatic carbocycles. The van der Waals surface area contributed by atoms with Gasteiger partial charge in [0.1, 0.15) is 0 Å². The highest BCUT2D eigenvalue weighted by atomic mass is 35.5. The molecule has 1 unspecified atom stereocenters. The molecule has 0 aliphatic heterocycles. The number of aliphatic hydroxyl groups excluding tert-OH is 1. The lowest BCUT2D eigenvalue weighted by atomic mass is 10.0. The van der Waals surface area contributed by atoms with Crippen molar-refractivity contribution in [3.63, 3.8) is 0 Å². The molecule has 1 aromatic rings. The summed E-state index contributed by atoms with van der Waals surface area (Å²) in [6, 6.07) is 0. The van der Waals surface area contributed by atoms with Crippen molar-refractivity contribution in [1.29, 1.82) is 0 Å². The molecule has 1 atom stereocenters. The van der Waals surface area contributed by atoms with Gasteiger partial charge in [-0.2, -0.15) is 0 Å². The monoisotopic (exact) mass is 266 g/mol. The Bertz CT molecular complexity index is 421. The predicted octanol–water partition coefficient (Wildman–Crippen LogP) is 2.89. The number of allylic oxidation sites excluding steroid dienone is 5. The minimum absolute atomic E-state index is 0. The van der Waals surface area contributed by atoms with Gasteiger partial charge in [-0.05, 0) is 24.8 Å². The third kappa shape index (κ3) is 4.90. The topological polar surface area (TPSA) is 38.0 Å². The molecule has 0 radical (unpaired) electrons. The molecule has 1 aromatic heterocycles. The number of hydrogen-bond donors (Lipinski definition) is 1. The standard InChI is InChI=1S/C14H18N2O.ClH/c17-14(8-10-16-11-9-15-12-16)7-6-13-4-2-1-3-5-13;/h1-2,4,6-7,9,11-12,14,17H,3,5,8,10H2;1H. The van der Waals surface area contributed by atoms with Crippen molar-refractivity contribution in [3.8, 4) is 0 Å². The summed E-state index contributed by atoms with van der Waals surface area (Å²) in [5, 5.41) is 9.81. The van der Waals surface area contributed by atoms with Crippen molar-refractivity contribution >= 4 is 12.4 Å². The summed E-state index contributed by atoms with van der Waals surface area (Å²) in [6.07, 6.45) is 18.2. The maximum atomic E-state index is 9.81. The zero-order valence-corrected chi connectivity index (χ0v) is 11.1. The summed E-state index contributed by atoms with van der Waals surface area (Å²) in [5.41, 5.74) is 1.29. The fourth-order valence-electron chi connectivity index (χ4n) is 1.79. The van der Waals surface area contributed by atoms with Crippen molar-refractivity contribution in [2.24, 2.45) is 0 Å². The van der Waals surface area contributed by atoms with Gasteiger partial charge < -0.3 is 9.67 Å². The van der Waals surface area contributed by atoms with Gasteiger partial charge in [0.2, 0.25) is 0 Å². The Labute approximate surface area is 114 Å². The average molecular weight is 267 g/mol. The van der Waals surface area contributed by atoms with Crippen LogP contribution in [0.3, 0.4) is 0 Å². The number of hydrogen-bond acceptors (Lipinski definition) is 2. The van der Waals surface area contributed by atoms with E-state index in [1.165, 1.54) is 5.57 Å². The van der Waals surface area contributed by atoms with Crippen LogP contribution in [0.15, 0.2) is 54.7 Å². The second-order valence-electron chi connectivity index (χ2n) is 4.22. The minimum Gasteiger partial charge on any atom is -0.389 e. The molecule has 98 valence electrons. The van der Waals surface area contributed by atoms with Gasteiger partial charge in [0.25, 0.3) is 0 Å². The molecule has 3 nitrogen and oxygen atoms in total. The van der Waals surface area contributed by atoms with Crippen molar-refractivity contribution in [1.82, 2.24) is 9.55 Å². The van der Waals surface area contributed by atoms with Crippen LogP contribution in [0, 0.1) is 0 Å². The van der Waals surface area contributed by atoms with Gasteiger partial charge in [-0.25, -0.2) is 4.98 Å². The average Bonchev–Trinajstić information content (AvgIpc) is 2.88. The van der Waals surface area contributed by atoms with Gasteiger partial charge in [0.05, 0.1) is 12.4 Å². The highest BCUT2D eigenvalue weighted by Gasteiger charge is 2.01. The fourth-order valence-corrected chi connectivity index (χ4v) is 1.79. The van der Waals surface area contributed by atoms with E-state index in [-0.39, 0.29) is 18.5 Å². The highest BCUT2D eigenvalue weighted by Crippen LogP contribution is 2.13. The van der Waals surface area contributed by atoms with Crippen LogP contribution in [-0.4, -0.2) is 20.8 Å². The van der Waals surface area contributed by atoms with Crippen LogP contribution in [0.25, 0.3) is 0 Å². The maximum absolute atomic E-state index is 9.81. The van der Waals surface area contributed by atoms with E-state index in [0.717, 1.165) is 25.8 Å². The zero-order chi connectivity index (χ0) is 11.9. The molecule has 18 heavy (non-hydrogen) atoms. The Hall–Kier alpha value is -1.32. The number of imidazole rings is 1. The molecular weight excluding hydrogens is 248 g/mol. The third-order valence-electron chi connectivity index (χ3n) is 2.82. The van der Waals surface area contributed by atoms with Gasteiger partial charge in [0, 0.05) is 18.9 Å². The van der Waals surface area contributed by atoms with E-state index in [0.29, 0.717) is 0 Å². The number of aryl methyl sites for hydroxylation is 1. The van der Waals surface area contributed by atoms with Gasteiger partial charge >= 0.3 is 0 Å². The number of nitrogens with zero attached hydrogens (tertiary/aromatic N) is 2. The summed E-state index contributed by atoms with van der Waals surface area (Å²) in [7, 11) is 0. The number of aliphatic hydroxyl groups is 1. The first-order valence-corrected chi connectivity index (χ1v) is 6.02. The lowest BCUT2D eigenvalue weighted by molar-refractivity contribution is 0.205. The SMILES string of the molecule is Cl.OC(C=CC1=CC=CCC1)CCn1ccnc1. The Balaban J connectivity index is 0.00000162. The van der Waals surface area contributed by atoms with Crippen molar-refractivity contribution in [3.05, 3.63) is 54.7 Å². The summed E-state index contributed by atoms with van der Waals surface area (Å²) in [6.45, 7) is 0.796. The number of halogens is 1. The maximum Gasteiger partial charge on any atom is 0.0945 e. The minimum atomic E-state index is -0.385. The van der Waals surface area contributed by atoms with Crippen molar-refractivity contribution < 1.29 is 5.11 Å². The van der Waals surface area contributed by atoms with Crippen LogP contribution in [-0.2, 0) is 6.54 Å². The molecule has 0 saturated heterocycles. The summed E-state index contributed by atoms with van der Waals surface area (Å²) < 4.78 is 1.97. The number of aromatic nitrogens is 2. The number of rotatable bonds is 5. The van der Waals surface area contributed by atoms with Crippen LogP contribution in [0.4, 0.5) is 0 Å². The molecule has 1 aliphatic rings. The Morgan fingerprint density at radius 2 is 2.39 bits per heavy atom. The van der Waals surface area contributed by atoms with E-state index >= 15 is 0 Å². The Morgan fingerprint density at radius 3 is 3.06 bits per heavy atom. The molecule has 0 fully saturated rings. The van der Waals surface area contributed by atoms with E-state index in [4.69, 9.17) is 0 Å². The summed E-state index contributed by atoms with van der Waals surface area (Å²) in [5.74, 6) is 0. The molecule has 0 saturated carbocycles. The first-order valence-electron chi connectivity index (χ1n) is 6.02. The quantitative estimate of drug-likeness (QED) is 0.890. The van der Waals surface area contributed by atoms with E-state index < -0.39 is 0 Å². The second-order valence-corrected chi connectivity index (χ2v) is 4.22. The molecule has 0 bridgehead atoms. The van der Waals surface area contributed by atoms with E-state index in [9.17, 15) is 5.11 Å². The molecule has 2 rings (SSSR count). The van der Waals surface area contributed by atoms with Crippen molar-refractivity contribution in [2.45, 2.75) is 31.9 Å². The first kappa shape index (κ1) is 14.7. The Kier molecular flexibility index (Phi) is 6.47. The molecule has 4 heteroatoms. The fraction of sp³-hybridized carbons (Fsp3) is 0.357. The molecular formula is C14H19ClN2O. The lowest BCUT2D eigenvalue weighted by Gasteiger charge is -2.07. The van der Waals surface area contributed by atoms with E-state index in [1.807, 2.05) is 22.9 Å². The predicted molar refractivity (Wildman–Crippen MR) is 75.7 cm³/mol. The van der Waals surface area contributed by atoms with Crippen LogP contribution in [0.1, 0.15) is 19.3 Å². The first-order chi connectivity index (χ1) is 8.34. The molecule has 1 aliphatic carbocycles. The van der Waals surface area contributed by atoms with Gasteiger partial charge in [-0.3, -0.25) is 0 Å². The zero-order valence-electron chi connectivity index (χ0n) is 10.3. The third-order valence-corrected chi connectivity index (χ3v) is 2.82. The van der Waals surface area contributed by atoms with Gasteiger partial charge in [-0.1, -0.05) is 30.4 Å². The molecule has 0 amide bonds. The molecule has 1 heterocycles. The van der Waals surface area contributed by atoms with E-state index in [2.05, 4.69) is 23.2 Å². The molecule has 1 N–H and O–H groups in total. The normalized spacial score (nSPS) is 16.4. The smallest absolute Gasteiger partial charge is 0.0945 e. The second kappa shape index (κ2) is 7.90. The van der Waals surface area contributed by atoms with Gasteiger partial charge in [0.15, 0.2) is 0 Å². The largest absolute Gasteiger partial charge is 0.389 e. The Morgan fingerprint density at radius 1 is 1.50 bits per heavy atom. The van der Waals surface area contributed by atoms with E-state index in [1.54, 1.807) is 12.5 Å². The summed E-state index contributed by atoms with van der Waals surface area (Å²) >= 11 is 0. The van der Waals surface area contributed by atoms with Gasteiger partial charge in [-0.15, -0.1) is 12.4 Å². The molecule has 0 spiro atoms. The van der Waals surface area contributed by atoms with Crippen LogP contribution in [0.2, 0.25) is 0 Å². The van der Waals surface area contributed by atoms with Crippen LogP contribution >= 0.6 is 12.4 Å². The van der Waals surface area contributed by atoms with Crippen LogP contribution in [0.5, 0.6) is 0 Å². The van der Waals surface area contributed by atoms with Crippen LogP contribution < -0.4 is 0 Å². The summed E-state index contributed by atoms with van der Waals surface area (Å²) in [4.78, 5) is 3.97. The lowest BCUT2D eigenvalue weighted by Crippen LogP contribution is -2.07.